The summed E-state index contributed by atoms with van der Waals surface area (Å²) in [5, 5.41) is 11.6. The minimum absolute atomic E-state index is 0.0515. The van der Waals surface area contributed by atoms with Crippen LogP contribution in [0.15, 0.2) is 205 Å². The molecule has 11 aromatic rings. The van der Waals surface area contributed by atoms with Crippen LogP contribution in [-0.2, 0) is 5.41 Å². The number of pyridine rings is 1. The van der Waals surface area contributed by atoms with Crippen molar-refractivity contribution in [3.8, 4) is 39.6 Å². The average Bonchev–Trinajstić information content (AvgIpc) is 3.87. The zero-order valence-electron chi connectivity index (χ0n) is 35.3. The normalized spacial score (nSPS) is 11.7. The number of rotatable bonds is 9. The molecule has 304 valence electrons. The summed E-state index contributed by atoms with van der Waals surface area (Å²) in [7, 11) is 0. The van der Waals surface area contributed by atoms with Gasteiger partial charge in [-0.3, -0.25) is 4.57 Å². The minimum atomic E-state index is -0.0515. The van der Waals surface area contributed by atoms with E-state index in [4.69, 9.17) is 14.1 Å². The number of hydrogen-bond donors (Lipinski definition) is 2. The minimum Gasteiger partial charge on any atom is -0.456 e. The number of ether oxygens (including phenoxy) is 1. The maximum Gasteiger partial charge on any atom is 0.149 e. The summed E-state index contributed by atoms with van der Waals surface area (Å²) in [6, 6.07) is 67.1. The molecule has 3 aromatic heterocycles. The lowest BCUT2D eigenvalue weighted by atomic mass is 9.88. The van der Waals surface area contributed by atoms with Crippen molar-refractivity contribution in [2.24, 2.45) is 0 Å². The highest BCUT2D eigenvalue weighted by atomic mass is 16.5. The maximum atomic E-state index is 7.02. The molecule has 8 aromatic carbocycles. The van der Waals surface area contributed by atoms with E-state index in [1.165, 1.54) is 5.56 Å². The molecule has 0 atom stereocenters. The van der Waals surface area contributed by atoms with Gasteiger partial charge in [-0.05, 0) is 70.6 Å². The van der Waals surface area contributed by atoms with Gasteiger partial charge >= 0.3 is 0 Å². The van der Waals surface area contributed by atoms with Crippen LogP contribution in [0.3, 0.4) is 0 Å². The number of nitrogens with one attached hydrogen (secondary N) is 2. The van der Waals surface area contributed by atoms with Crippen LogP contribution in [0, 0.1) is 0 Å². The summed E-state index contributed by atoms with van der Waals surface area (Å²) < 4.78 is 16.0. The Kier molecular flexibility index (Phi) is 9.27. The number of fused-ring (bicyclic) bond motifs is 7. The van der Waals surface area contributed by atoms with Crippen LogP contribution >= 0.6 is 0 Å². The third-order valence-corrected chi connectivity index (χ3v) is 11.9. The van der Waals surface area contributed by atoms with Crippen molar-refractivity contribution in [3.63, 3.8) is 0 Å². The van der Waals surface area contributed by atoms with Crippen LogP contribution in [0.5, 0.6) is 11.5 Å². The Balaban J connectivity index is 1.00. The molecule has 0 fully saturated rings. The van der Waals surface area contributed by atoms with Crippen molar-refractivity contribution in [1.29, 1.82) is 0 Å². The molecule has 6 nitrogen and oxygen atoms in total. The van der Waals surface area contributed by atoms with Gasteiger partial charge in [0.05, 0.1) is 38.9 Å². The van der Waals surface area contributed by atoms with Gasteiger partial charge in [-0.25, -0.2) is 4.98 Å². The SMILES string of the molecule is CC(C)(C)c1ccnc(-n2c3ccccc3c3c4oc5ccccc5c4c(Oc4cccc(Nc5ccccc5Nc5c(-c6ccccc6)cccc5-c5ccccc5)c4)cc32)c1. The molecule has 0 radical (unpaired) electrons. The maximum absolute atomic E-state index is 7.02. The van der Waals surface area contributed by atoms with Gasteiger partial charge in [0.25, 0.3) is 0 Å². The molecule has 0 aliphatic carbocycles. The summed E-state index contributed by atoms with van der Waals surface area (Å²) in [4.78, 5) is 4.94. The topological polar surface area (TPSA) is 64.2 Å². The Morgan fingerprint density at radius 3 is 1.90 bits per heavy atom. The molecule has 6 heteroatoms. The molecule has 11 rings (SSSR count). The lowest BCUT2D eigenvalue weighted by molar-refractivity contribution is 0.489. The molecule has 0 saturated carbocycles. The standard InChI is InChI=1S/C57H44N4O2/c1-57(2,3)39-32-33-58-52(34-39)61-48-30-14-10-24-44(48)53-49(61)36-51(54-45-25-11-15-31-50(45)63-56(53)54)62-41-23-16-22-40(35-41)59-46-28-12-13-29-47(46)60-55-42(37-18-6-4-7-19-37)26-17-27-43(55)38-20-8-5-9-21-38/h4-36,59-60H,1-3H3. The second-order valence-corrected chi connectivity index (χ2v) is 17.0. The van der Waals surface area contributed by atoms with Gasteiger partial charge in [-0.15, -0.1) is 0 Å². The third-order valence-electron chi connectivity index (χ3n) is 11.9. The molecule has 0 amide bonds. The van der Waals surface area contributed by atoms with E-state index in [0.717, 1.165) is 94.6 Å². The molecule has 0 aliphatic rings. The third kappa shape index (κ3) is 6.92. The van der Waals surface area contributed by atoms with E-state index in [1.807, 2.05) is 42.6 Å². The number of para-hydroxylation sites is 5. The monoisotopic (exact) mass is 816 g/mol. The Morgan fingerprint density at radius 1 is 0.540 bits per heavy atom. The highest BCUT2D eigenvalue weighted by Gasteiger charge is 2.24. The van der Waals surface area contributed by atoms with Crippen molar-refractivity contribution in [1.82, 2.24) is 9.55 Å². The largest absolute Gasteiger partial charge is 0.456 e. The first-order valence-corrected chi connectivity index (χ1v) is 21.4. The van der Waals surface area contributed by atoms with Crippen molar-refractivity contribution >= 4 is 66.5 Å². The van der Waals surface area contributed by atoms with Crippen LogP contribution in [-0.4, -0.2) is 9.55 Å². The lowest BCUT2D eigenvalue weighted by Crippen LogP contribution is -2.12. The molecule has 0 bridgehead atoms. The van der Waals surface area contributed by atoms with Gasteiger partial charge < -0.3 is 19.8 Å². The molecular formula is C57H44N4O2. The second-order valence-electron chi connectivity index (χ2n) is 17.0. The summed E-state index contributed by atoms with van der Waals surface area (Å²) in [5.41, 5.74) is 13.0. The zero-order chi connectivity index (χ0) is 42.5. The van der Waals surface area contributed by atoms with Gasteiger partial charge in [0.2, 0.25) is 0 Å². The molecule has 3 heterocycles. The van der Waals surface area contributed by atoms with Crippen molar-refractivity contribution in [2.75, 3.05) is 10.6 Å². The Hall–Kier alpha value is -8.09. The molecular weight excluding hydrogens is 773 g/mol. The van der Waals surface area contributed by atoms with Crippen molar-refractivity contribution in [3.05, 3.63) is 206 Å². The predicted molar refractivity (Wildman–Crippen MR) is 261 cm³/mol. The summed E-state index contributed by atoms with van der Waals surface area (Å²) in [6.45, 7) is 6.69. The van der Waals surface area contributed by atoms with Gasteiger partial charge in [-0.2, -0.15) is 0 Å². The van der Waals surface area contributed by atoms with E-state index in [-0.39, 0.29) is 5.41 Å². The molecule has 0 aliphatic heterocycles. The first kappa shape index (κ1) is 37.9. The zero-order valence-corrected chi connectivity index (χ0v) is 35.3. The molecule has 0 saturated heterocycles. The smallest absolute Gasteiger partial charge is 0.149 e. The number of nitrogens with zero attached hydrogens (tertiary/aromatic N) is 2. The molecule has 0 unspecified atom stereocenters. The van der Waals surface area contributed by atoms with Gasteiger partial charge in [0, 0.05) is 45.9 Å². The average molecular weight is 817 g/mol. The summed E-state index contributed by atoms with van der Waals surface area (Å²) in [5.74, 6) is 2.23. The van der Waals surface area contributed by atoms with Crippen molar-refractivity contribution in [2.45, 2.75) is 26.2 Å². The number of furan rings is 1. The van der Waals surface area contributed by atoms with Crippen LogP contribution in [0.2, 0.25) is 0 Å². The number of hydrogen-bond acceptors (Lipinski definition) is 5. The number of benzene rings is 8. The Bertz CT molecular complexity index is 3410. The van der Waals surface area contributed by atoms with Crippen LogP contribution < -0.4 is 15.4 Å². The predicted octanol–water partition coefficient (Wildman–Crippen LogP) is 16.0. The molecule has 2 N–H and O–H groups in total. The lowest BCUT2D eigenvalue weighted by Gasteiger charge is -2.20. The van der Waals surface area contributed by atoms with E-state index >= 15 is 0 Å². The first-order valence-electron chi connectivity index (χ1n) is 21.4. The summed E-state index contributed by atoms with van der Waals surface area (Å²) >= 11 is 0. The Morgan fingerprint density at radius 2 is 1.17 bits per heavy atom. The van der Waals surface area contributed by atoms with E-state index in [9.17, 15) is 0 Å². The summed E-state index contributed by atoms with van der Waals surface area (Å²) in [6.07, 6.45) is 1.91. The van der Waals surface area contributed by atoms with E-state index in [2.05, 4.69) is 194 Å². The highest BCUT2D eigenvalue weighted by Crippen LogP contribution is 2.47. The van der Waals surface area contributed by atoms with Crippen LogP contribution in [0.25, 0.3) is 71.8 Å². The van der Waals surface area contributed by atoms with Gasteiger partial charge in [0.15, 0.2) is 0 Å². The Labute approximate surface area is 366 Å². The number of anilines is 4. The first-order chi connectivity index (χ1) is 30.9. The van der Waals surface area contributed by atoms with Crippen LogP contribution in [0.1, 0.15) is 26.3 Å². The second kappa shape index (κ2) is 15.4. The fourth-order valence-corrected chi connectivity index (χ4v) is 8.79. The quantitative estimate of drug-likeness (QED) is 0.152. The fourth-order valence-electron chi connectivity index (χ4n) is 8.79. The highest BCUT2D eigenvalue weighted by molar-refractivity contribution is 6.25. The van der Waals surface area contributed by atoms with Gasteiger partial charge in [-0.1, -0.05) is 154 Å². The fraction of sp³-hybridized carbons (Fsp3) is 0.0702. The molecule has 0 spiro atoms. The van der Waals surface area contributed by atoms with Gasteiger partial charge in [0.1, 0.15) is 28.5 Å². The molecule has 63 heavy (non-hydrogen) atoms. The van der Waals surface area contributed by atoms with Crippen molar-refractivity contribution < 1.29 is 9.15 Å². The van der Waals surface area contributed by atoms with E-state index in [0.29, 0.717) is 11.5 Å². The van der Waals surface area contributed by atoms with E-state index in [1.54, 1.807) is 0 Å². The number of aromatic nitrogens is 2. The van der Waals surface area contributed by atoms with E-state index < -0.39 is 0 Å². The van der Waals surface area contributed by atoms with Crippen LogP contribution in [0.4, 0.5) is 22.7 Å².